The average Bonchev–Trinajstić information content (AvgIpc) is 2.69. The van der Waals surface area contributed by atoms with E-state index in [9.17, 15) is 0 Å². The van der Waals surface area contributed by atoms with Crippen molar-refractivity contribution in [1.82, 2.24) is 0 Å². The van der Waals surface area contributed by atoms with Gasteiger partial charge in [0.2, 0.25) is 0 Å². The maximum Gasteiger partial charge on any atom is 0.147 e. The van der Waals surface area contributed by atoms with Gasteiger partial charge in [-0.25, -0.2) is 0 Å². The Bertz CT molecular complexity index is 531. The molecule has 88 valence electrons. The maximum atomic E-state index is 6.08. The van der Waals surface area contributed by atoms with Crippen molar-refractivity contribution in [3.05, 3.63) is 45.2 Å². The number of halogens is 2. The third-order valence-electron chi connectivity index (χ3n) is 3.17. The van der Waals surface area contributed by atoms with Crippen LogP contribution in [0.3, 0.4) is 0 Å². The monoisotopic (exact) mass is 450 g/mol. The van der Waals surface area contributed by atoms with E-state index in [2.05, 4.69) is 69.4 Å². The van der Waals surface area contributed by atoms with Crippen molar-refractivity contribution in [2.45, 2.75) is 23.2 Å². The van der Waals surface area contributed by atoms with E-state index in [0.717, 1.165) is 12.2 Å². The maximum absolute atomic E-state index is 6.08. The number of rotatable bonds is 1. The number of alkyl halides is 1. The van der Waals surface area contributed by atoms with Crippen LogP contribution in [0.4, 0.5) is 0 Å². The van der Waals surface area contributed by atoms with Crippen molar-refractivity contribution in [3.63, 3.8) is 0 Å². The lowest BCUT2D eigenvalue weighted by molar-refractivity contribution is 0.488. The molecule has 0 saturated heterocycles. The second kappa shape index (κ2) is 4.91. The first kappa shape index (κ1) is 12.0. The van der Waals surface area contributed by atoms with Gasteiger partial charge in [-0.3, -0.25) is 0 Å². The molecular weight excluding hydrogens is 438 g/mol. The topological polar surface area (TPSA) is 13.1 Å². The lowest BCUT2D eigenvalue weighted by atomic mass is 9.98. The van der Waals surface area contributed by atoms with Crippen molar-refractivity contribution in [2.75, 3.05) is 0 Å². The first-order valence-corrected chi connectivity index (χ1v) is 8.10. The molecule has 0 bridgehead atoms. The second-order valence-corrected chi connectivity index (χ2v) is 6.89. The minimum Gasteiger partial charge on any atom is -0.460 e. The normalized spacial score (nSPS) is 19.1. The van der Waals surface area contributed by atoms with Gasteiger partial charge in [0.25, 0.3) is 0 Å². The van der Waals surface area contributed by atoms with Crippen LogP contribution in [0.2, 0.25) is 0 Å². The molecule has 0 radical (unpaired) electrons. The lowest BCUT2D eigenvalue weighted by Gasteiger charge is -2.15. The minimum absolute atomic E-state index is 0.615. The molecule has 0 amide bonds. The van der Waals surface area contributed by atoms with Gasteiger partial charge in [-0.15, -0.1) is 0 Å². The van der Waals surface area contributed by atoms with Crippen LogP contribution in [0.1, 0.15) is 28.1 Å². The zero-order chi connectivity index (χ0) is 11.8. The Hall–Kier alpha value is -0.0400. The van der Waals surface area contributed by atoms with Crippen LogP contribution in [0.25, 0.3) is 11.3 Å². The molecule has 1 aliphatic carbocycles. The van der Waals surface area contributed by atoms with Gasteiger partial charge in [-0.1, -0.05) is 52.9 Å². The van der Waals surface area contributed by atoms with Gasteiger partial charge in [0.15, 0.2) is 0 Å². The summed E-state index contributed by atoms with van der Waals surface area (Å²) in [6.45, 7) is 0. The molecule has 1 heterocycles. The molecule has 0 fully saturated rings. The Kier molecular flexibility index (Phi) is 3.47. The number of fused-ring (bicyclic) bond motifs is 1. The van der Waals surface area contributed by atoms with E-state index in [0.29, 0.717) is 3.92 Å². The molecule has 3 heteroatoms. The fraction of sp³-hybridized carbons (Fsp3) is 0.286. The van der Waals surface area contributed by atoms with Crippen LogP contribution in [0.5, 0.6) is 0 Å². The largest absolute Gasteiger partial charge is 0.460 e. The van der Waals surface area contributed by atoms with Crippen LogP contribution < -0.4 is 0 Å². The summed E-state index contributed by atoms with van der Waals surface area (Å²) in [5.41, 5.74) is 2.63. The summed E-state index contributed by atoms with van der Waals surface area (Å²) in [6.07, 6.45) is 3.62. The van der Waals surface area contributed by atoms with Crippen molar-refractivity contribution < 1.29 is 4.42 Å². The van der Waals surface area contributed by atoms with Crippen molar-refractivity contribution >= 4 is 45.2 Å². The number of aryl methyl sites for hydroxylation is 1. The van der Waals surface area contributed by atoms with Crippen molar-refractivity contribution in [3.8, 4) is 11.3 Å². The van der Waals surface area contributed by atoms with Crippen molar-refractivity contribution in [1.29, 1.82) is 0 Å². The highest BCUT2D eigenvalue weighted by atomic mass is 127. The third-order valence-corrected chi connectivity index (χ3v) is 5.49. The average molecular weight is 450 g/mol. The van der Waals surface area contributed by atoms with Crippen LogP contribution in [-0.2, 0) is 6.42 Å². The zero-order valence-corrected chi connectivity index (χ0v) is 13.6. The molecule has 0 N–H and O–H groups in total. The fourth-order valence-corrected chi connectivity index (χ4v) is 5.12. The SMILES string of the molecule is Ic1c(-c2ccccc2)oc2c1[C@H](I)CCC2. The van der Waals surface area contributed by atoms with E-state index in [4.69, 9.17) is 4.42 Å². The lowest BCUT2D eigenvalue weighted by Crippen LogP contribution is -2.02. The highest BCUT2D eigenvalue weighted by Crippen LogP contribution is 2.44. The number of furan rings is 1. The highest BCUT2D eigenvalue weighted by Gasteiger charge is 2.27. The second-order valence-electron chi connectivity index (χ2n) is 4.31. The quantitative estimate of drug-likeness (QED) is 0.421. The molecule has 17 heavy (non-hydrogen) atoms. The molecule has 1 aliphatic rings. The number of benzene rings is 1. The summed E-state index contributed by atoms with van der Waals surface area (Å²) in [7, 11) is 0. The molecule has 1 aromatic heterocycles. The van der Waals surface area contributed by atoms with Gasteiger partial charge in [0, 0.05) is 21.5 Å². The van der Waals surface area contributed by atoms with E-state index in [1.807, 2.05) is 6.07 Å². The zero-order valence-electron chi connectivity index (χ0n) is 9.25. The van der Waals surface area contributed by atoms with Crippen LogP contribution >= 0.6 is 45.2 Å². The summed E-state index contributed by atoms with van der Waals surface area (Å²) in [5.74, 6) is 2.26. The van der Waals surface area contributed by atoms with Gasteiger partial charge in [0.05, 0.1) is 3.57 Å². The van der Waals surface area contributed by atoms with Crippen molar-refractivity contribution in [2.24, 2.45) is 0 Å². The molecule has 1 nitrogen and oxygen atoms in total. The van der Waals surface area contributed by atoms with Crippen LogP contribution in [-0.4, -0.2) is 0 Å². The van der Waals surface area contributed by atoms with Gasteiger partial charge in [-0.05, 0) is 35.4 Å². The Labute approximate surface area is 128 Å². The van der Waals surface area contributed by atoms with E-state index in [1.165, 1.54) is 33.3 Å². The highest BCUT2D eigenvalue weighted by molar-refractivity contribution is 14.1. The molecule has 0 saturated carbocycles. The molecule has 0 aliphatic heterocycles. The van der Waals surface area contributed by atoms with Crippen LogP contribution in [0, 0.1) is 3.57 Å². The van der Waals surface area contributed by atoms with Gasteiger partial charge in [-0.2, -0.15) is 0 Å². The molecule has 0 unspecified atom stereocenters. The van der Waals surface area contributed by atoms with E-state index >= 15 is 0 Å². The molecule has 3 rings (SSSR count). The van der Waals surface area contributed by atoms with E-state index < -0.39 is 0 Å². The summed E-state index contributed by atoms with van der Waals surface area (Å²) < 4.78 is 8.00. The molecular formula is C14H12I2O. The number of hydrogen-bond donors (Lipinski definition) is 0. The Morgan fingerprint density at radius 1 is 1.18 bits per heavy atom. The molecule has 1 aromatic carbocycles. The van der Waals surface area contributed by atoms with Crippen LogP contribution in [0.15, 0.2) is 34.7 Å². The van der Waals surface area contributed by atoms with Gasteiger partial charge < -0.3 is 4.42 Å². The first-order valence-electron chi connectivity index (χ1n) is 5.78. The Balaban J connectivity index is 2.14. The molecule has 2 aromatic rings. The predicted octanol–water partition coefficient (Wildman–Crippen LogP) is 5.36. The standard InChI is InChI=1S/C14H12I2O/c15-10-7-4-8-11-12(10)13(16)14(17-11)9-5-2-1-3-6-9/h1-3,5-6,10H,4,7-8H2/t10-/m1/s1. The number of hydrogen-bond acceptors (Lipinski definition) is 1. The van der Waals surface area contributed by atoms with Gasteiger partial charge >= 0.3 is 0 Å². The van der Waals surface area contributed by atoms with E-state index in [1.54, 1.807) is 0 Å². The fourth-order valence-electron chi connectivity index (χ4n) is 2.33. The Morgan fingerprint density at radius 3 is 2.65 bits per heavy atom. The summed E-state index contributed by atoms with van der Waals surface area (Å²) in [6, 6.07) is 10.4. The molecule has 1 atom stereocenters. The first-order chi connectivity index (χ1) is 8.27. The predicted molar refractivity (Wildman–Crippen MR) is 86.6 cm³/mol. The van der Waals surface area contributed by atoms with Gasteiger partial charge in [0.1, 0.15) is 11.5 Å². The third kappa shape index (κ3) is 2.16. The minimum atomic E-state index is 0.615. The smallest absolute Gasteiger partial charge is 0.147 e. The summed E-state index contributed by atoms with van der Waals surface area (Å²) >= 11 is 4.98. The summed E-state index contributed by atoms with van der Waals surface area (Å²) in [4.78, 5) is 0. The summed E-state index contributed by atoms with van der Waals surface area (Å²) in [5, 5.41) is 0. The Morgan fingerprint density at radius 2 is 1.94 bits per heavy atom. The molecule has 0 spiro atoms. The van der Waals surface area contributed by atoms with E-state index in [-0.39, 0.29) is 0 Å².